The summed E-state index contributed by atoms with van der Waals surface area (Å²) in [4.78, 5) is 29.1. The van der Waals surface area contributed by atoms with E-state index in [0.29, 0.717) is 29.3 Å². The molecule has 2 atom stereocenters. The van der Waals surface area contributed by atoms with Crippen LogP contribution in [-0.2, 0) is 4.74 Å². The van der Waals surface area contributed by atoms with Crippen molar-refractivity contribution in [1.29, 1.82) is 0 Å². The molecule has 164 valence electrons. The van der Waals surface area contributed by atoms with E-state index in [0.717, 1.165) is 17.9 Å². The maximum Gasteiger partial charge on any atom is 0.341 e. The first-order chi connectivity index (χ1) is 14.8. The highest BCUT2D eigenvalue weighted by Crippen LogP contribution is 2.18. The number of esters is 1. The number of aromatic amines is 1. The Morgan fingerprint density at radius 2 is 1.90 bits per heavy atom. The van der Waals surface area contributed by atoms with Crippen molar-refractivity contribution in [3.63, 3.8) is 0 Å². The Morgan fingerprint density at radius 3 is 2.55 bits per heavy atom. The number of H-pyrrole nitrogens is 1. The second-order valence-corrected chi connectivity index (χ2v) is 7.41. The van der Waals surface area contributed by atoms with Crippen LogP contribution >= 0.6 is 0 Å². The van der Waals surface area contributed by atoms with Crippen LogP contribution in [0.1, 0.15) is 84.1 Å². The lowest BCUT2D eigenvalue weighted by Gasteiger charge is -2.12. The summed E-state index contributed by atoms with van der Waals surface area (Å²) in [7, 11) is 0. The number of aromatic nitrogens is 5. The van der Waals surface area contributed by atoms with Gasteiger partial charge in [-0.05, 0) is 51.5 Å². The molecule has 0 saturated heterocycles. The maximum absolute atomic E-state index is 12.6. The van der Waals surface area contributed by atoms with E-state index < -0.39 is 5.97 Å². The van der Waals surface area contributed by atoms with Gasteiger partial charge in [0.2, 0.25) is 0 Å². The van der Waals surface area contributed by atoms with Gasteiger partial charge in [0.25, 0.3) is 5.91 Å². The van der Waals surface area contributed by atoms with Crippen LogP contribution in [0.4, 0.5) is 0 Å². The Bertz CT molecular complexity index is 1050. The van der Waals surface area contributed by atoms with Gasteiger partial charge >= 0.3 is 5.97 Å². The fourth-order valence-corrected chi connectivity index (χ4v) is 3.07. The third kappa shape index (κ3) is 4.82. The van der Waals surface area contributed by atoms with Gasteiger partial charge in [-0.15, -0.1) is 0 Å². The van der Waals surface area contributed by atoms with Crippen LogP contribution < -0.4 is 5.32 Å². The average Bonchev–Trinajstić information content (AvgIpc) is 3.41. The Labute approximate surface area is 181 Å². The molecule has 0 bridgehead atoms. The summed E-state index contributed by atoms with van der Waals surface area (Å²) in [5.41, 5.74) is 2.34. The van der Waals surface area contributed by atoms with Crippen molar-refractivity contribution in [2.24, 2.45) is 0 Å². The molecule has 0 radical (unpaired) electrons. The first-order valence-electron chi connectivity index (χ1n) is 10.4. The largest absolute Gasteiger partial charge is 0.462 e. The summed E-state index contributed by atoms with van der Waals surface area (Å²) < 4.78 is 6.69. The summed E-state index contributed by atoms with van der Waals surface area (Å²) >= 11 is 0. The normalized spacial score (nSPS) is 12.9. The molecule has 2 heterocycles. The third-order valence-electron chi connectivity index (χ3n) is 5.21. The number of ether oxygens (including phenoxy) is 1. The van der Waals surface area contributed by atoms with Gasteiger partial charge in [-0.2, -0.15) is 10.2 Å². The minimum atomic E-state index is -0.403. The molecule has 1 amide bonds. The first-order valence-corrected chi connectivity index (χ1v) is 10.4. The van der Waals surface area contributed by atoms with Gasteiger partial charge < -0.3 is 10.1 Å². The van der Waals surface area contributed by atoms with E-state index in [1.54, 1.807) is 42.8 Å². The fraction of sp³-hybridized carbons (Fsp3) is 0.409. The first kappa shape index (κ1) is 22.2. The lowest BCUT2D eigenvalue weighted by Crippen LogP contribution is -2.27. The zero-order chi connectivity index (χ0) is 22.5. The Morgan fingerprint density at radius 1 is 1.19 bits per heavy atom. The number of hydrogen-bond acceptors (Lipinski definition) is 6. The molecule has 0 aliphatic heterocycles. The van der Waals surface area contributed by atoms with Crippen molar-refractivity contribution in [2.75, 3.05) is 6.61 Å². The topological polar surface area (TPSA) is 115 Å². The summed E-state index contributed by atoms with van der Waals surface area (Å²) in [5, 5.41) is 14.3. The molecule has 3 aromatic rings. The van der Waals surface area contributed by atoms with Crippen LogP contribution in [0.5, 0.6) is 0 Å². The van der Waals surface area contributed by atoms with Crippen molar-refractivity contribution in [3.8, 4) is 5.69 Å². The van der Waals surface area contributed by atoms with Gasteiger partial charge in [0.15, 0.2) is 5.82 Å². The smallest absolute Gasteiger partial charge is 0.341 e. The molecule has 0 spiro atoms. The molecule has 1 aromatic carbocycles. The summed E-state index contributed by atoms with van der Waals surface area (Å²) in [6, 6.07) is 6.69. The van der Waals surface area contributed by atoms with E-state index in [-0.39, 0.29) is 17.9 Å². The van der Waals surface area contributed by atoms with Crippen LogP contribution in [0.15, 0.2) is 30.5 Å². The van der Waals surface area contributed by atoms with Gasteiger partial charge in [0.1, 0.15) is 11.4 Å². The molecule has 9 nitrogen and oxygen atoms in total. The highest BCUT2D eigenvalue weighted by atomic mass is 16.5. The highest BCUT2D eigenvalue weighted by molar-refractivity contribution is 5.94. The van der Waals surface area contributed by atoms with Crippen molar-refractivity contribution in [2.45, 2.75) is 53.0 Å². The molecule has 2 N–H and O–H groups in total. The summed E-state index contributed by atoms with van der Waals surface area (Å²) in [6.07, 6.45) is 2.43. The quantitative estimate of drug-likeness (QED) is 0.535. The Hall–Kier alpha value is -3.49. The molecule has 0 saturated carbocycles. The van der Waals surface area contributed by atoms with Crippen LogP contribution in [0.2, 0.25) is 0 Å². The zero-order valence-corrected chi connectivity index (χ0v) is 18.5. The molecule has 0 aliphatic rings. The van der Waals surface area contributed by atoms with E-state index in [1.807, 2.05) is 6.92 Å². The number of carbonyl (C=O) groups is 2. The second-order valence-electron chi connectivity index (χ2n) is 7.41. The minimum Gasteiger partial charge on any atom is -0.462 e. The number of hydrogen-bond donors (Lipinski definition) is 2. The molecule has 31 heavy (non-hydrogen) atoms. The number of rotatable bonds is 8. The van der Waals surface area contributed by atoms with Crippen molar-refractivity contribution in [3.05, 3.63) is 58.9 Å². The van der Waals surface area contributed by atoms with E-state index in [4.69, 9.17) is 4.74 Å². The third-order valence-corrected chi connectivity index (χ3v) is 5.21. The zero-order valence-electron chi connectivity index (χ0n) is 18.5. The van der Waals surface area contributed by atoms with Crippen LogP contribution in [0.25, 0.3) is 5.69 Å². The van der Waals surface area contributed by atoms with Gasteiger partial charge in [-0.3, -0.25) is 9.89 Å². The predicted molar refractivity (Wildman–Crippen MR) is 115 cm³/mol. The van der Waals surface area contributed by atoms with Crippen LogP contribution in [-0.4, -0.2) is 43.4 Å². The SMILES string of the molecule is CCOC(=O)c1cnn(-c2ccc(C(=O)N[C@@H](C)c3nc([C@H](C)CC)n[nH]3)cc2)c1C. The fourth-order valence-electron chi connectivity index (χ4n) is 3.07. The van der Waals surface area contributed by atoms with E-state index >= 15 is 0 Å². The van der Waals surface area contributed by atoms with Gasteiger partial charge in [-0.25, -0.2) is 14.5 Å². The number of carbonyl (C=O) groups excluding carboxylic acids is 2. The predicted octanol–water partition coefficient (Wildman–Crippen LogP) is 3.48. The number of nitrogens with zero attached hydrogens (tertiary/aromatic N) is 4. The monoisotopic (exact) mass is 424 g/mol. The van der Waals surface area contributed by atoms with E-state index in [2.05, 4.69) is 39.4 Å². The molecule has 2 aromatic heterocycles. The molecule has 0 aliphatic carbocycles. The highest BCUT2D eigenvalue weighted by Gasteiger charge is 2.18. The van der Waals surface area contributed by atoms with Gasteiger partial charge in [0, 0.05) is 11.5 Å². The minimum absolute atomic E-state index is 0.218. The molecule has 3 rings (SSSR count). The summed E-state index contributed by atoms with van der Waals surface area (Å²) in [5.74, 6) is 1.01. The lowest BCUT2D eigenvalue weighted by molar-refractivity contribution is 0.0525. The molecule has 0 fully saturated rings. The van der Waals surface area contributed by atoms with E-state index in [9.17, 15) is 9.59 Å². The average molecular weight is 425 g/mol. The van der Waals surface area contributed by atoms with Crippen molar-refractivity contribution < 1.29 is 14.3 Å². The number of amides is 1. The van der Waals surface area contributed by atoms with Gasteiger partial charge in [-0.1, -0.05) is 13.8 Å². The molecular formula is C22H28N6O3. The molecule has 0 unspecified atom stereocenters. The molecular weight excluding hydrogens is 396 g/mol. The number of nitrogens with one attached hydrogen (secondary N) is 2. The molecule has 9 heteroatoms. The van der Waals surface area contributed by atoms with Gasteiger partial charge in [0.05, 0.1) is 30.2 Å². The Balaban J connectivity index is 1.69. The number of benzene rings is 1. The van der Waals surface area contributed by atoms with Crippen molar-refractivity contribution >= 4 is 11.9 Å². The van der Waals surface area contributed by atoms with E-state index in [1.165, 1.54) is 6.20 Å². The van der Waals surface area contributed by atoms with Crippen LogP contribution in [0.3, 0.4) is 0 Å². The second kappa shape index (κ2) is 9.55. The van der Waals surface area contributed by atoms with Crippen molar-refractivity contribution in [1.82, 2.24) is 30.3 Å². The summed E-state index contributed by atoms with van der Waals surface area (Å²) in [6.45, 7) is 9.87. The lowest BCUT2D eigenvalue weighted by atomic mass is 10.1. The maximum atomic E-state index is 12.6. The standard InChI is InChI=1S/C22H28N6O3/c1-6-13(3)19-25-20(27-26-19)14(4)24-21(29)16-8-10-17(11-9-16)28-15(5)18(12-23-28)22(30)31-7-2/h8-14H,6-7H2,1-5H3,(H,24,29)(H,25,26,27)/t13-,14+/m1/s1. The Kier molecular flexibility index (Phi) is 6.84. The van der Waals surface area contributed by atoms with Crippen LogP contribution in [0, 0.1) is 6.92 Å².